The van der Waals surface area contributed by atoms with E-state index < -0.39 is 30.4 Å². The monoisotopic (exact) mass is 406 g/mol. The Morgan fingerprint density at radius 3 is 2.62 bits per heavy atom. The third kappa shape index (κ3) is 3.66. The molecule has 1 aliphatic rings. The third-order valence-electron chi connectivity index (χ3n) is 4.16. The summed E-state index contributed by atoms with van der Waals surface area (Å²) in [4.78, 5) is 27.9. The van der Waals surface area contributed by atoms with Gasteiger partial charge in [0.1, 0.15) is 6.54 Å². The summed E-state index contributed by atoms with van der Waals surface area (Å²) in [6, 6.07) is 10.4. The number of carbonyl (C=O) groups excluding carboxylic acids is 2. The molecule has 2 aromatic carbocycles. The van der Waals surface area contributed by atoms with E-state index in [-0.39, 0.29) is 23.4 Å². The predicted molar refractivity (Wildman–Crippen MR) is 92.9 cm³/mol. The Bertz CT molecular complexity index is 1110. The van der Waals surface area contributed by atoms with Crippen LogP contribution < -0.4 is 20.3 Å². The van der Waals surface area contributed by atoms with Crippen molar-refractivity contribution in [2.45, 2.75) is 12.7 Å². The molecule has 0 atom stereocenters. The molecule has 29 heavy (non-hydrogen) atoms. The molecule has 0 unspecified atom stereocenters. The van der Waals surface area contributed by atoms with Gasteiger partial charge in [-0.15, -0.1) is 0 Å². The van der Waals surface area contributed by atoms with Crippen LogP contribution in [-0.4, -0.2) is 28.2 Å². The third-order valence-corrected chi connectivity index (χ3v) is 4.16. The molecule has 0 fully saturated rings. The minimum atomic E-state index is -4.74. The van der Waals surface area contributed by atoms with Gasteiger partial charge in [0.25, 0.3) is 11.8 Å². The number of ether oxygens (including phenoxy) is 2. The average Bonchev–Trinajstić information content (AvgIpc) is 3.30. The van der Waals surface area contributed by atoms with Crippen LogP contribution in [0.15, 0.2) is 42.5 Å². The molecule has 0 radical (unpaired) electrons. The van der Waals surface area contributed by atoms with Gasteiger partial charge in [-0.3, -0.25) is 20.4 Å². The summed E-state index contributed by atoms with van der Waals surface area (Å²) in [5.74, 6) is -1.85. The number of para-hydroxylation sites is 2. The number of rotatable bonds is 3. The Balaban J connectivity index is 1.47. The van der Waals surface area contributed by atoms with Crippen molar-refractivity contribution in [2.75, 3.05) is 6.79 Å². The van der Waals surface area contributed by atoms with Gasteiger partial charge in [0.05, 0.1) is 11.0 Å². The lowest BCUT2D eigenvalue weighted by atomic mass is 10.2. The van der Waals surface area contributed by atoms with Crippen molar-refractivity contribution in [3.63, 3.8) is 0 Å². The molecule has 1 aliphatic heterocycles. The summed E-state index contributed by atoms with van der Waals surface area (Å²) in [6.45, 7) is -0.645. The molecule has 0 bridgehead atoms. The van der Waals surface area contributed by atoms with Gasteiger partial charge < -0.3 is 14.0 Å². The lowest BCUT2D eigenvalue weighted by molar-refractivity contribution is -0.147. The Labute approximate surface area is 161 Å². The maximum atomic E-state index is 13.3. The SMILES string of the molecule is O=C(Cn1c(C(F)(F)F)nc2ccccc21)NNC(=O)c1ccc2c(c1)OCO2. The minimum absolute atomic E-state index is 0.0392. The second-order valence-corrected chi connectivity index (χ2v) is 6.08. The van der Waals surface area contributed by atoms with Crippen molar-refractivity contribution in [1.82, 2.24) is 20.4 Å². The number of fused-ring (bicyclic) bond motifs is 2. The number of aromatic nitrogens is 2. The number of nitrogens with zero attached hydrogens (tertiary/aromatic N) is 2. The van der Waals surface area contributed by atoms with Gasteiger partial charge in [-0.05, 0) is 30.3 Å². The minimum Gasteiger partial charge on any atom is -0.454 e. The first-order valence-electron chi connectivity index (χ1n) is 8.34. The average molecular weight is 406 g/mol. The second-order valence-electron chi connectivity index (χ2n) is 6.08. The van der Waals surface area contributed by atoms with E-state index in [1.54, 1.807) is 12.1 Å². The van der Waals surface area contributed by atoms with E-state index in [2.05, 4.69) is 15.8 Å². The van der Waals surface area contributed by atoms with Crippen LogP contribution in [0.2, 0.25) is 0 Å². The lowest BCUT2D eigenvalue weighted by Crippen LogP contribution is -2.43. The van der Waals surface area contributed by atoms with Crippen LogP contribution in [0.4, 0.5) is 13.2 Å². The van der Waals surface area contributed by atoms with Crippen LogP contribution in [0.5, 0.6) is 11.5 Å². The largest absolute Gasteiger partial charge is 0.454 e. The van der Waals surface area contributed by atoms with E-state index in [1.165, 1.54) is 30.3 Å². The van der Waals surface area contributed by atoms with Gasteiger partial charge >= 0.3 is 6.18 Å². The summed E-state index contributed by atoms with van der Waals surface area (Å²) in [5.41, 5.74) is 4.70. The fourth-order valence-corrected chi connectivity index (χ4v) is 2.87. The fraction of sp³-hybridized carbons (Fsp3) is 0.167. The van der Waals surface area contributed by atoms with Crippen molar-refractivity contribution in [3.05, 3.63) is 53.9 Å². The molecule has 1 aromatic heterocycles. The highest BCUT2D eigenvalue weighted by Crippen LogP contribution is 2.33. The lowest BCUT2D eigenvalue weighted by Gasteiger charge is -2.12. The Morgan fingerprint density at radius 2 is 1.83 bits per heavy atom. The van der Waals surface area contributed by atoms with E-state index in [9.17, 15) is 22.8 Å². The van der Waals surface area contributed by atoms with Crippen molar-refractivity contribution in [1.29, 1.82) is 0 Å². The molecule has 8 nitrogen and oxygen atoms in total. The Kier molecular flexibility index (Phi) is 4.49. The molecular formula is C18H13F3N4O4. The van der Waals surface area contributed by atoms with Crippen LogP contribution in [0, 0.1) is 0 Å². The summed E-state index contributed by atoms with van der Waals surface area (Å²) in [5, 5.41) is 0. The quantitative estimate of drug-likeness (QED) is 0.651. The number of nitrogens with one attached hydrogen (secondary N) is 2. The summed E-state index contributed by atoms with van der Waals surface area (Å²) in [6.07, 6.45) is -4.74. The zero-order chi connectivity index (χ0) is 20.6. The normalized spacial score (nSPS) is 12.8. The van der Waals surface area contributed by atoms with E-state index in [0.29, 0.717) is 11.5 Å². The van der Waals surface area contributed by atoms with Gasteiger partial charge in [-0.1, -0.05) is 12.1 Å². The molecular weight excluding hydrogens is 393 g/mol. The van der Waals surface area contributed by atoms with Gasteiger partial charge in [0.15, 0.2) is 11.5 Å². The Hall–Kier alpha value is -3.76. The van der Waals surface area contributed by atoms with Gasteiger partial charge in [-0.2, -0.15) is 13.2 Å². The van der Waals surface area contributed by atoms with Gasteiger partial charge in [-0.25, -0.2) is 4.98 Å². The van der Waals surface area contributed by atoms with Crippen LogP contribution >= 0.6 is 0 Å². The number of imidazole rings is 1. The maximum Gasteiger partial charge on any atom is 0.449 e. The van der Waals surface area contributed by atoms with Crippen LogP contribution in [0.3, 0.4) is 0 Å². The second kappa shape index (κ2) is 7.00. The molecule has 2 N–H and O–H groups in total. The molecule has 0 spiro atoms. The Morgan fingerprint density at radius 1 is 1.07 bits per heavy atom. The van der Waals surface area contributed by atoms with Crippen molar-refractivity contribution in [3.8, 4) is 11.5 Å². The highest BCUT2D eigenvalue weighted by atomic mass is 19.4. The van der Waals surface area contributed by atoms with Crippen molar-refractivity contribution in [2.24, 2.45) is 0 Å². The summed E-state index contributed by atoms with van der Waals surface area (Å²) >= 11 is 0. The van der Waals surface area contributed by atoms with E-state index in [4.69, 9.17) is 9.47 Å². The summed E-state index contributed by atoms with van der Waals surface area (Å²) < 4.78 is 50.9. The number of amides is 2. The van der Waals surface area contributed by atoms with E-state index >= 15 is 0 Å². The topological polar surface area (TPSA) is 94.5 Å². The molecule has 150 valence electrons. The number of hydrazine groups is 1. The van der Waals surface area contributed by atoms with Gasteiger partial charge in [0.2, 0.25) is 12.6 Å². The van der Waals surface area contributed by atoms with Crippen LogP contribution in [-0.2, 0) is 17.5 Å². The smallest absolute Gasteiger partial charge is 0.449 e. The number of carbonyl (C=O) groups is 2. The molecule has 0 aliphatic carbocycles. The standard InChI is InChI=1S/C18H13F3N4O4/c19-18(20,21)17-22-11-3-1-2-4-12(11)25(17)8-15(26)23-24-16(27)10-5-6-13-14(7-10)29-9-28-13/h1-7H,8-9H2,(H,23,26)(H,24,27). The summed E-state index contributed by atoms with van der Waals surface area (Å²) in [7, 11) is 0. The number of halogens is 3. The van der Waals surface area contributed by atoms with E-state index in [1.807, 2.05) is 0 Å². The molecule has 2 amide bonds. The van der Waals surface area contributed by atoms with E-state index in [0.717, 1.165) is 4.57 Å². The number of hydrogen-bond acceptors (Lipinski definition) is 5. The van der Waals surface area contributed by atoms with Crippen LogP contribution in [0.25, 0.3) is 11.0 Å². The first kappa shape index (κ1) is 18.6. The molecule has 2 heterocycles. The van der Waals surface area contributed by atoms with Gasteiger partial charge in [0, 0.05) is 5.56 Å². The number of hydrogen-bond donors (Lipinski definition) is 2. The molecule has 3 aromatic rings. The molecule has 4 rings (SSSR count). The molecule has 0 saturated carbocycles. The van der Waals surface area contributed by atoms with Crippen molar-refractivity contribution < 1.29 is 32.2 Å². The maximum absolute atomic E-state index is 13.3. The highest BCUT2D eigenvalue weighted by Gasteiger charge is 2.38. The van der Waals surface area contributed by atoms with Crippen LogP contribution in [0.1, 0.15) is 16.2 Å². The number of benzene rings is 2. The first-order valence-corrected chi connectivity index (χ1v) is 8.34. The zero-order valence-electron chi connectivity index (χ0n) is 14.6. The molecule has 0 saturated heterocycles. The fourth-order valence-electron chi connectivity index (χ4n) is 2.87. The molecule has 11 heteroatoms. The number of alkyl halides is 3. The highest BCUT2D eigenvalue weighted by molar-refractivity contribution is 5.96. The predicted octanol–water partition coefficient (Wildman–Crippen LogP) is 2.25. The zero-order valence-corrected chi connectivity index (χ0v) is 14.6. The first-order chi connectivity index (χ1) is 13.8. The van der Waals surface area contributed by atoms with Crippen molar-refractivity contribution >= 4 is 22.8 Å².